The van der Waals surface area contributed by atoms with Crippen LogP contribution in [0.3, 0.4) is 0 Å². The Morgan fingerprint density at radius 2 is 1.64 bits per heavy atom. The average molecular weight is 185 g/mol. The minimum absolute atomic E-state index is 0.855. The zero-order valence-electron chi connectivity index (χ0n) is 6.60. The van der Waals surface area contributed by atoms with Crippen molar-refractivity contribution in [2.24, 2.45) is 5.73 Å². The zero-order chi connectivity index (χ0) is 9.33. The van der Waals surface area contributed by atoms with E-state index in [9.17, 15) is 0 Å². The van der Waals surface area contributed by atoms with Crippen molar-refractivity contribution in [2.75, 3.05) is 6.54 Å². The van der Waals surface area contributed by atoms with Crippen molar-refractivity contribution in [3.8, 4) is 0 Å². The Kier molecular flexibility index (Phi) is 10.1. The van der Waals surface area contributed by atoms with Crippen LogP contribution in [-0.2, 0) is 4.57 Å². The minimum Gasteiger partial charge on any atom is -0.330 e. The molecule has 0 atom stereocenters. The van der Waals surface area contributed by atoms with Gasteiger partial charge < -0.3 is 20.4 Å². The van der Waals surface area contributed by atoms with Crippen LogP contribution >= 0.6 is 7.82 Å². The van der Waals surface area contributed by atoms with E-state index in [1.807, 2.05) is 0 Å². The molecule has 0 radical (unpaired) electrons. The molecule has 0 unspecified atom stereocenters. The van der Waals surface area contributed by atoms with Gasteiger partial charge >= 0.3 is 7.82 Å². The summed E-state index contributed by atoms with van der Waals surface area (Å²) in [5.74, 6) is 0. The third kappa shape index (κ3) is 69.6. The van der Waals surface area contributed by atoms with Crippen LogP contribution < -0.4 is 5.73 Å². The van der Waals surface area contributed by atoms with Crippen molar-refractivity contribution in [2.45, 2.75) is 26.2 Å². The quantitative estimate of drug-likeness (QED) is 0.371. The summed E-state index contributed by atoms with van der Waals surface area (Å²) in [6.07, 6.45) is 3.75. The van der Waals surface area contributed by atoms with Gasteiger partial charge in [0.15, 0.2) is 0 Å². The molecule has 0 aromatic rings. The molecule has 0 heterocycles. The maximum absolute atomic E-state index is 8.88. The van der Waals surface area contributed by atoms with Gasteiger partial charge in [-0.05, 0) is 13.0 Å². The lowest BCUT2D eigenvalue weighted by atomic mass is 10.3. The van der Waals surface area contributed by atoms with Crippen molar-refractivity contribution in [3.05, 3.63) is 0 Å². The SMILES string of the molecule is CCCCCN.O=P(O)(O)O. The predicted molar refractivity (Wildman–Crippen MR) is 42.8 cm³/mol. The summed E-state index contributed by atoms with van der Waals surface area (Å²) in [4.78, 5) is 21.6. The first-order valence-electron chi connectivity index (χ1n) is 3.40. The van der Waals surface area contributed by atoms with Crippen LogP contribution in [0, 0.1) is 0 Å². The summed E-state index contributed by atoms with van der Waals surface area (Å²) >= 11 is 0. The van der Waals surface area contributed by atoms with Gasteiger partial charge in [-0.1, -0.05) is 19.8 Å². The lowest BCUT2D eigenvalue weighted by Gasteiger charge is -1.86. The van der Waals surface area contributed by atoms with Gasteiger partial charge in [-0.25, -0.2) is 4.57 Å². The number of phosphoric acid groups is 1. The van der Waals surface area contributed by atoms with Gasteiger partial charge in [-0.3, -0.25) is 0 Å². The Labute approximate surface area is 66.5 Å². The van der Waals surface area contributed by atoms with Gasteiger partial charge in [0, 0.05) is 0 Å². The molecule has 0 aliphatic heterocycles. The average Bonchev–Trinajstić information content (AvgIpc) is 1.79. The van der Waals surface area contributed by atoms with Crippen LogP contribution in [0.1, 0.15) is 26.2 Å². The molecule has 70 valence electrons. The molecule has 0 aromatic heterocycles. The fourth-order valence-corrected chi connectivity index (χ4v) is 0.394. The molecule has 0 saturated carbocycles. The minimum atomic E-state index is -4.64. The van der Waals surface area contributed by atoms with Gasteiger partial charge in [-0.15, -0.1) is 0 Å². The van der Waals surface area contributed by atoms with Gasteiger partial charge in [-0.2, -0.15) is 0 Å². The molecule has 0 aliphatic carbocycles. The van der Waals surface area contributed by atoms with E-state index in [2.05, 4.69) is 6.92 Å². The smallest absolute Gasteiger partial charge is 0.330 e. The summed E-state index contributed by atoms with van der Waals surface area (Å²) in [6.45, 7) is 3.03. The summed E-state index contributed by atoms with van der Waals surface area (Å²) in [6, 6.07) is 0. The van der Waals surface area contributed by atoms with Crippen LogP contribution in [-0.4, -0.2) is 21.2 Å². The molecule has 0 fully saturated rings. The molecule has 0 saturated heterocycles. The van der Waals surface area contributed by atoms with Crippen molar-refractivity contribution in [3.63, 3.8) is 0 Å². The van der Waals surface area contributed by atoms with Crippen LogP contribution in [0.25, 0.3) is 0 Å². The summed E-state index contributed by atoms with van der Waals surface area (Å²) in [5.41, 5.74) is 5.21. The molecule has 0 aliphatic rings. The topological polar surface area (TPSA) is 104 Å². The van der Waals surface area contributed by atoms with E-state index >= 15 is 0 Å². The highest BCUT2D eigenvalue weighted by atomic mass is 31.2. The summed E-state index contributed by atoms with van der Waals surface area (Å²) in [7, 11) is -4.64. The van der Waals surface area contributed by atoms with Gasteiger partial charge in [0.1, 0.15) is 0 Å². The number of nitrogens with two attached hydrogens (primary N) is 1. The Hall–Kier alpha value is 0.0700. The maximum atomic E-state index is 8.88. The highest BCUT2D eigenvalue weighted by Crippen LogP contribution is 2.25. The van der Waals surface area contributed by atoms with Crippen LogP contribution in [0.2, 0.25) is 0 Å². The highest BCUT2D eigenvalue weighted by molar-refractivity contribution is 7.45. The fraction of sp³-hybridized carbons (Fsp3) is 1.00. The molecule has 0 amide bonds. The molecule has 0 spiro atoms. The van der Waals surface area contributed by atoms with Crippen LogP contribution in [0.5, 0.6) is 0 Å². The van der Waals surface area contributed by atoms with Crippen molar-refractivity contribution < 1.29 is 19.2 Å². The van der Waals surface area contributed by atoms with Gasteiger partial charge in [0.2, 0.25) is 0 Å². The standard InChI is InChI=1S/C5H13N.H3O4P/c1-2-3-4-5-6;1-5(2,3)4/h2-6H2,1H3;(H3,1,2,3,4). The number of hydrogen-bond donors (Lipinski definition) is 4. The molecule has 5 nitrogen and oxygen atoms in total. The third-order valence-corrected chi connectivity index (χ3v) is 0.808. The first-order valence-corrected chi connectivity index (χ1v) is 4.96. The van der Waals surface area contributed by atoms with E-state index in [4.69, 9.17) is 25.0 Å². The second kappa shape index (κ2) is 8.17. The molecular formula is C5H16NO4P. The molecule has 6 heteroatoms. The van der Waals surface area contributed by atoms with E-state index < -0.39 is 7.82 Å². The van der Waals surface area contributed by atoms with E-state index in [0.29, 0.717) is 0 Å². The van der Waals surface area contributed by atoms with Crippen LogP contribution in [0.4, 0.5) is 0 Å². The normalized spacial score (nSPS) is 10.3. The van der Waals surface area contributed by atoms with E-state index in [1.54, 1.807) is 0 Å². The number of unbranched alkanes of at least 4 members (excludes halogenated alkanes) is 2. The molecule has 0 aromatic carbocycles. The highest BCUT2D eigenvalue weighted by Gasteiger charge is 2.00. The lowest BCUT2D eigenvalue weighted by molar-refractivity contribution is 0.275. The molecule has 0 rings (SSSR count). The van der Waals surface area contributed by atoms with Crippen LogP contribution in [0.15, 0.2) is 0 Å². The van der Waals surface area contributed by atoms with Gasteiger partial charge in [0.25, 0.3) is 0 Å². The van der Waals surface area contributed by atoms with Crippen molar-refractivity contribution in [1.29, 1.82) is 0 Å². The van der Waals surface area contributed by atoms with Crippen molar-refractivity contribution in [1.82, 2.24) is 0 Å². The fourth-order valence-electron chi connectivity index (χ4n) is 0.394. The zero-order valence-corrected chi connectivity index (χ0v) is 7.50. The first-order chi connectivity index (χ1) is 4.91. The maximum Gasteiger partial charge on any atom is 0.466 e. The second-order valence-corrected chi connectivity index (χ2v) is 3.04. The summed E-state index contributed by atoms with van der Waals surface area (Å²) < 4.78 is 8.88. The van der Waals surface area contributed by atoms with Gasteiger partial charge in [0.05, 0.1) is 0 Å². The number of hydrogen-bond acceptors (Lipinski definition) is 2. The molecule has 11 heavy (non-hydrogen) atoms. The monoisotopic (exact) mass is 185 g/mol. The lowest BCUT2D eigenvalue weighted by Crippen LogP contribution is -1.96. The van der Waals surface area contributed by atoms with E-state index in [1.165, 1.54) is 19.3 Å². The Morgan fingerprint density at radius 1 is 1.27 bits per heavy atom. The van der Waals surface area contributed by atoms with E-state index in [-0.39, 0.29) is 0 Å². The largest absolute Gasteiger partial charge is 0.466 e. The van der Waals surface area contributed by atoms with Crippen molar-refractivity contribution >= 4 is 7.82 Å². The Balaban J connectivity index is 0. The molecule has 0 bridgehead atoms. The number of rotatable bonds is 3. The Morgan fingerprint density at radius 3 is 1.73 bits per heavy atom. The van der Waals surface area contributed by atoms with E-state index in [0.717, 1.165) is 6.54 Å². The Bertz CT molecular complexity index is 101. The third-order valence-electron chi connectivity index (χ3n) is 0.808. The predicted octanol–water partition coefficient (Wildman–Crippen LogP) is 0.207. The summed E-state index contributed by atoms with van der Waals surface area (Å²) in [5, 5.41) is 0. The molecular weight excluding hydrogens is 169 g/mol. The second-order valence-electron chi connectivity index (χ2n) is 2.01. The first kappa shape index (κ1) is 13.6. The molecule has 5 N–H and O–H groups in total.